The fourth-order valence-corrected chi connectivity index (χ4v) is 5.59. The van der Waals surface area contributed by atoms with Gasteiger partial charge < -0.3 is 25.0 Å². The lowest BCUT2D eigenvalue weighted by Crippen LogP contribution is -2.48. The van der Waals surface area contributed by atoms with Crippen LogP contribution in [0.3, 0.4) is 0 Å². The zero-order valence-electron chi connectivity index (χ0n) is 21.4. The summed E-state index contributed by atoms with van der Waals surface area (Å²) in [5.74, 6) is -2.19. The van der Waals surface area contributed by atoms with Gasteiger partial charge in [-0.1, -0.05) is 23.7 Å². The largest absolute Gasteiger partial charge is 0.497 e. The second kappa shape index (κ2) is 11.0. The van der Waals surface area contributed by atoms with E-state index in [0.29, 0.717) is 42.2 Å². The molecule has 6 nitrogen and oxygen atoms in total. The van der Waals surface area contributed by atoms with Gasteiger partial charge in [-0.3, -0.25) is 4.79 Å². The van der Waals surface area contributed by atoms with Crippen molar-refractivity contribution in [3.05, 3.63) is 82.1 Å². The SMILES string of the molecule is COc1ccc(CN2C(=O)CCc3c(NCC4(O)CCN(c5c(F)cc(F)cc5F)CC4)ccc(Cl)c32)cc1. The van der Waals surface area contributed by atoms with Crippen molar-refractivity contribution in [3.8, 4) is 5.75 Å². The number of anilines is 3. The highest BCUT2D eigenvalue weighted by Gasteiger charge is 2.35. The number of halogens is 4. The van der Waals surface area contributed by atoms with Gasteiger partial charge in [0.15, 0.2) is 11.6 Å². The fourth-order valence-electron chi connectivity index (χ4n) is 5.31. The topological polar surface area (TPSA) is 65.0 Å². The molecule has 0 bridgehead atoms. The molecular formula is C29H29ClF3N3O3. The monoisotopic (exact) mass is 559 g/mol. The number of carbonyl (C=O) groups excluding carboxylic acids is 1. The Morgan fingerprint density at radius 1 is 1.00 bits per heavy atom. The van der Waals surface area contributed by atoms with Crippen LogP contribution in [0.1, 0.15) is 30.4 Å². The summed E-state index contributed by atoms with van der Waals surface area (Å²) in [7, 11) is 1.60. The molecule has 0 unspecified atom stereocenters. The van der Waals surface area contributed by atoms with Crippen molar-refractivity contribution >= 4 is 34.6 Å². The summed E-state index contributed by atoms with van der Waals surface area (Å²) in [6.07, 6.45) is 1.35. The molecule has 1 amide bonds. The van der Waals surface area contributed by atoms with Gasteiger partial charge in [0.25, 0.3) is 0 Å². The Hall–Kier alpha value is -3.43. The van der Waals surface area contributed by atoms with E-state index in [1.165, 1.54) is 4.90 Å². The number of fused-ring (bicyclic) bond motifs is 1. The van der Waals surface area contributed by atoms with E-state index in [2.05, 4.69) is 5.32 Å². The zero-order chi connectivity index (χ0) is 27.7. The standard InChI is InChI=1S/C29H29ClF3N3O3/c1-39-20-4-2-18(3-5-20)16-36-26(37)9-6-21-25(8-7-22(30)27(21)36)34-17-29(38)10-12-35(13-11-29)28-23(32)14-19(31)15-24(28)33/h2-5,7-8,14-15,34,38H,6,9-13,16-17H2,1H3. The summed E-state index contributed by atoms with van der Waals surface area (Å²) in [6.45, 7) is 0.978. The minimum Gasteiger partial charge on any atom is -0.497 e. The quantitative estimate of drug-likeness (QED) is 0.389. The molecule has 0 spiro atoms. The molecule has 2 heterocycles. The third-order valence-electron chi connectivity index (χ3n) is 7.49. The fraction of sp³-hybridized carbons (Fsp3) is 0.345. The lowest BCUT2D eigenvalue weighted by Gasteiger charge is -2.40. The van der Waals surface area contributed by atoms with E-state index in [9.17, 15) is 23.1 Å². The highest BCUT2D eigenvalue weighted by molar-refractivity contribution is 6.34. The summed E-state index contributed by atoms with van der Waals surface area (Å²) >= 11 is 6.59. The van der Waals surface area contributed by atoms with Gasteiger partial charge in [0, 0.05) is 49.4 Å². The molecule has 0 aliphatic carbocycles. The van der Waals surface area contributed by atoms with Gasteiger partial charge in [0.2, 0.25) is 5.91 Å². The molecule has 2 aliphatic heterocycles. The molecular weight excluding hydrogens is 531 g/mol. The van der Waals surface area contributed by atoms with Crippen molar-refractivity contribution in [2.75, 3.05) is 41.9 Å². The van der Waals surface area contributed by atoms with Crippen LogP contribution >= 0.6 is 11.6 Å². The second-order valence-electron chi connectivity index (χ2n) is 10.0. The van der Waals surface area contributed by atoms with E-state index in [0.717, 1.165) is 22.6 Å². The average Bonchev–Trinajstić information content (AvgIpc) is 2.91. The molecule has 1 saturated heterocycles. The lowest BCUT2D eigenvalue weighted by molar-refractivity contribution is -0.119. The van der Waals surface area contributed by atoms with Gasteiger partial charge in [-0.15, -0.1) is 0 Å². The van der Waals surface area contributed by atoms with Crippen LogP contribution in [0.15, 0.2) is 48.5 Å². The van der Waals surface area contributed by atoms with Crippen LogP contribution in [-0.4, -0.2) is 43.4 Å². The second-order valence-corrected chi connectivity index (χ2v) is 10.4. The Kier molecular flexibility index (Phi) is 7.64. The van der Waals surface area contributed by atoms with Crippen LogP contribution in [0.5, 0.6) is 5.75 Å². The van der Waals surface area contributed by atoms with Gasteiger partial charge >= 0.3 is 0 Å². The Morgan fingerprint density at radius 3 is 2.31 bits per heavy atom. The maximum Gasteiger partial charge on any atom is 0.227 e. The predicted octanol–water partition coefficient (Wildman–Crippen LogP) is 5.69. The maximum absolute atomic E-state index is 14.2. The van der Waals surface area contributed by atoms with Crippen LogP contribution in [0.2, 0.25) is 5.02 Å². The Labute approximate surface area is 229 Å². The Bertz CT molecular complexity index is 1360. The van der Waals surface area contributed by atoms with Crippen LogP contribution in [-0.2, 0) is 17.8 Å². The summed E-state index contributed by atoms with van der Waals surface area (Å²) < 4.78 is 47.0. The molecule has 5 rings (SSSR count). The highest BCUT2D eigenvalue weighted by Crippen LogP contribution is 2.40. The molecule has 3 aromatic carbocycles. The first-order valence-electron chi connectivity index (χ1n) is 12.8. The number of rotatable bonds is 7. The minimum absolute atomic E-state index is 0.0244. The third kappa shape index (κ3) is 5.65. The molecule has 0 aromatic heterocycles. The van der Waals surface area contributed by atoms with E-state index < -0.39 is 23.1 Å². The smallest absolute Gasteiger partial charge is 0.227 e. The Morgan fingerprint density at radius 2 is 1.67 bits per heavy atom. The number of amides is 1. The molecule has 2 aliphatic rings. The number of benzene rings is 3. The molecule has 10 heteroatoms. The van der Waals surface area contributed by atoms with Crippen molar-refractivity contribution < 1.29 is 27.8 Å². The summed E-state index contributed by atoms with van der Waals surface area (Å²) in [5, 5.41) is 15.0. The number of nitrogens with one attached hydrogen (secondary N) is 1. The van der Waals surface area contributed by atoms with Crippen LogP contribution in [0.25, 0.3) is 0 Å². The molecule has 0 atom stereocenters. The summed E-state index contributed by atoms with van der Waals surface area (Å²) in [4.78, 5) is 16.1. The van der Waals surface area contributed by atoms with Gasteiger partial charge in [-0.2, -0.15) is 0 Å². The van der Waals surface area contributed by atoms with E-state index >= 15 is 0 Å². The third-order valence-corrected chi connectivity index (χ3v) is 7.80. The van der Waals surface area contributed by atoms with Gasteiger partial charge in [0.05, 0.1) is 30.0 Å². The van der Waals surface area contributed by atoms with E-state index in [1.54, 1.807) is 18.1 Å². The van der Waals surface area contributed by atoms with Crippen LogP contribution in [0.4, 0.5) is 30.2 Å². The number of piperidine rings is 1. The van der Waals surface area contributed by atoms with Crippen molar-refractivity contribution in [3.63, 3.8) is 0 Å². The average molecular weight is 560 g/mol. The maximum atomic E-state index is 14.2. The minimum atomic E-state index is -1.12. The molecule has 1 fully saturated rings. The van der Waals surface area contributed by atoms with Crippen LogP contribution < -0.4 is 19.9 Å². The number of hydrogen-bond acceptors (Lipinski definition) is 5. The first-order valence-corrected chi connectivity index (χ1v) is 13.2. The predicted molar refractivity (Wildman–Crippen MR) is 145 cm³/mol. The van der Waals surface area contributed by atoms with E-state index in [4.69, 9.17) is 16.3 Å². The van der Waals surface area contributed by atoms with Crippen LogP contribution in [0, 0.1) is 17.5 Å². The first kappa shape index (κ1) is 27.1. The summed E-state index contributed by atoms with van der Waals surface area (Å²) in [6, 6.07) is 12.4. The molecule has 0 saturated carbocycles. The van der Waals surface area contributed by atoms with Gasteiger partial charge in [-0.25, -0.2) is 13.2 Å². The molecule has 2 N–H and O–H groups in total. The summed E-state index contributed by atoms with van der Waals surface area (Å²) in [5.41, 5.74) is 1.85. The number of aliphatic hydroxyl groups is 1. The number of hydrogen-bond donors (Lipinski definition) is 2. The molecule has 206 valence electrons. The zero-order valence-corrected chi connectivity index (χ0v) is 22.2. The molecule has 0 radical (unpaired) electrons. The molecule has 39 heavy (non-hydrogen) atoms. The molecule has 3 aromatic rings. The van der Waals surface area contributed by atoms with Crippen molar-refractivity contribution in [2.24, 2.45) is 0 Å². The van der Waals surface area contributed by atoms with Gasteiger partial charge in [-0.05, 0) is 49.1 Å². The highest BCUT2D eigenvalue weighted by atomic mass is 35.5. The first-order chi connectivity index (χ1) is 18.7. The van der Waals surface area contributed by atoms with Crippen molar-refractivity contribution in [1.29, 1.82) is 0 Å². The van der Waals surface area contributed by atoms with Gasteiger partial charge in [0.1, 0.15) is 17.3 Å². The van der Waals surface area contributed by atoms with E-state index in [1.807, 2.05) is 30.3 Å². The number of ether oxygens (including phenoxy) is 1. The number of carbonyl (C=O) groups is 1. The normalized spacial score (nSPS) is 16.7. The Balaban J connectivity index is 1.30. The van der Waals surface area contributed by atoms with Crippen molar-refractivity contribution in [1.82, 2.24) is 0 Å². The van der Waals surface area contributed by atoms with Crippen molar-refractivity contribution in [2.45, 2.75) is 37.8 Å². The number of methoxy groups -OCH3 is 1. The number of nitrogens with zero attached hydrogens (tertiary/aromatic N) is 2. The van der Waals surface area contributed by atoms with E-state index in [-0.39, 0.29) is 44.1 Å². The lowest BCUT2D eigenvalue weighted by atomic mass is 9.90.